The van der Waals surface area contributed by atoms with Gasteiger partial charge in [-0.05, 0) is 48.9 Å². The molecule has 0 spiro atoms. The number of aliphatic imine (C=N–C) groups is 1. The van der Waals surface area contributed by atoms with E-state index in [2.05, 4.69) is 15.6 Å². The van der Waals surface area contributed by atoms with Gasteiger partial charge in [-0.3, -0.25) is 9.79 Å². The normalized spacial score (nSPS) is 21.9. The molecule has 2 aliphatic rings. The van der Waals surface area contributed by atoms with E-state index in [9.17, 15) is 13.2 Å². The molecule has 0 unspecified atom stereocenters. The van der Waals surface area contributed by atoms with E-state index in [1.165, 1.54) is 11.8 Å². The van der Waals surface area contributed by atoms with Crippen molar-refractivity contribution >= 4 is 44.0 Å². The van der Waals surface area contributed by atoms with Gasteiger partial charge < -0.3 is 15.4 Å². The van der Waals surface area contributed by atoms with Crippen molar-refractivity contribution in [3.63, 3.8) is 0 Å². The lowest BCUT2D eigenvalue weighted by Crippen LogP contribution is -2.14. The second-order valence-corrected chi connectivity index (χ2v) is 10.5. The van der Waals surface area contributed by atoms with E-state index in [1.807, 2.05) is 13.0 Å². The molecule has 9 heteroatoms. The number of anilines is 2. The van der Waals surface area contributed by atoms with Crippen LogP contribution in [0, 0.1) is 6.92 Å². The molecule has 152 valence electrons. The van der Waals surface area contributed by atoms with Crippen LogP contribution in [0.3, 0.4) is 0 Å². The molecule has 0 aliphatic carbocycles. The summed E-state index contributed by atoms with van der Waals surface area (Å²) in [6.45, 7) is 1.94. The van der Waals surface area contributed by atoms with E-state index >= 15 is 0 Å². The molecule has 1 saturated heterocycles. The highest BCUT2D eigenvalue weighted by Gasteiger charge is 2.42. The highest BCUT2D eigenvalue weighted by molar-refractivity contribution is 8.15. The van der Waals surface area contributed by atoms with Crippen LogP contribution >= 0.6 is 11.8 Å². The van der Waals surface area contributed by atoms with Crippen LogP contribution in [0.5, 0.6) is 5.75 Å². The van der Waals surface area contributed by atoms with Gasteiger partial charge in [0.1, 0.15) is 5.75 Å². The Bertz CT molecular complexity index is 1080. The van der Waals surface area contributed by atoms with Crippen LogP contribution in [-0.2, 0) is 9.84 Å². The van der Waals surface area contributed by atoms with Crippen LogP contribution in [-0.4, -0.2) is 49.4 Å². The van der Waals surface area contributed by atoms with E-state index in [1.54, 1.807) is 43.5 Å². The number of hydrogen-bond acceptors (Lipinski definition) is 7. The Hall–Kier alpha value is -2.52. The maximum Gasteiger partial charge on any atom is 0.255 e. The standard InChI is InChI=1S/C20H21N3O4S2/c1-12-3-4-13(19(24)21-14-5-7-15(27-2)8-6-14)9-16(12)22-20-23-17-10-29(25,26)11-18(17)28-20/h3-9,17-18H,10-11H2,1-2H3,(H,21,24)(H,22,23)/t17-,18-/m0/s1. The molecule has 1 fully saturated rings. The number of thioether (sulfide) groups is 1. The largest absolute Gasteiger partial charge is 0.497 e. The average molecular weight is 432 g/mol. The fraction of sp³-hybridized carbons (Fsp3) is 0.300. The molecular weight excluding hydrogens is 410 g/mol. The minimum atomic E-state index is -2.98. The number of carbonyl (C=O) groups is 1. The number of aryl methyl sites for hydroxylation is 1. The van der Waals surface area contributed by atoms with E-state index in [0.29, 0.717) is 16.4 Å². The van der Waals surface area contributed by atoms with Crippen LogP contribution in [0.1, 0.15) is 15.9 Å². The molecule has 1 amide bonds. The van der Waals surface area contributed by atoms with Crippen molar-refractivity contribution in [2.24, 2.45) is 4.99 Å². The number of nitrogens with one attached hydrogen (secondary N) is 2. The number of hydrogen-bond donors (Lipinski definition) is 2. The number of methoxy groups -OCH3 is 1. The first-order valence-corrected chi connectivity index (χ1v) is 11.8. The fourth-order valence-electron chi connectivity index (χ4n) is 3.31. The number of amidine groups is 1. The number of amides is 1. The zero-order valence-corrected chi connectivity index (χ0v) is 17.6. The summed E-state index contributed by atoms with van der Waals surface area (Å²) in [5.74, 6) is 0.777. The predicted molar refractivity (Wildman–Crippen MR) is 117 cm³/mol. The lowest BCUT2D eigenvalue weighted by Gasteiger charge is -2.12. The molecule has 2 aliphatic heterocycles. The van der Waals surface area contributed by atoms with Crippen LogP contribution in [0.4, 0.5) is 11.4 Å². The van der Waals surface area contributed by atoms with Crippen LogP contribution < -0.4 is 15.4 Å². The summed E-state index contributed by atoms with van der Waals surface area (Å²) in [4.78, 5) is 17.1. The first kappa shape index (κ1) is 19.8. The average Bonchev–Trinajstić information content (AvgIpc) is 3.16. The monoisotopic (exact) mass is 431 g/mol. The molecule has 7 nitrogen and oxygen atoms in total. The Kier molecular flexibility index (Phi) is 5.26. The number of ether oxygens (including phenoxy) is 1. The molecule has 2 aromatic rings. The van der Waals surface area contributed by atoms with Crippen molar-refractivity contribution in [2.75, 3.05) is 29.2 Å². The van der Waals surface area contributed by atoms with Crippen LogP contribution in [0.2, 0.25) is 0 Å². The van der Waals surface area contributed by atoms with Gasteiger partial charge in [-0.15, -0.1) is 0 Å². The Morgan fingerprint density at radius 2 is 1.93 bits per heavy atom. The molecule has 0 bridgehead atoms. The third-order valence-corrected chi connectivity index (χ3v) is 8.05. The van der Waals surface area contributed by atoms with Gasteiger partial charge in [-0.1, -0.05) is 17.8 Å². The van der Waals surface area contributed by atoms with Gasteiger partial charge in [0.05, 0.1) is 24.7 Å². The molecule has 0 radical (unpaired) electrons. The Balaban J connectivity index is 1.47. The van der Waals surface area contributed by atoms with Crippen LogP contribution in [0.25, 0.3) is 0 Å². The molecule has 4 rings (SSSR count). The first-order valence-electron chi connectivity index (χ1n) is 9.11. The van der Waals surface area contributed by atoms with Gasteiger partial charge in [-0.2, -0.15) is 0 Å². The molecule has 0 aromatic heterocycles. The molecule has 2 N–H and O–H groups in total. The smallest absolute Gasteiger partial charge is 0.255 e. The van der Waals surface area contributed by atoms with E-state index < -0.39 is 9.84 Å². The van der Waals surface area contributed by atoms with Gasteiger partial charge in [0.15, 0.2) is 15.0 Å². The Labute approximate surface area is 173 Å². The third-order valence-electron chi connectivity index (χ3n) is 4.91. The minimum Gasteiger partial charge on any atom is -0.497 e. The molecular formula is C20H21N3O4S2. The van der Waals surface area contributed by atoms with Gasteiger partial charge in [-0.25, -0.2) is 8.42 Å². The van der Waals surface area contributed by atoms with Crippen molar-refractivity contribution in [1.29, 1.82) is 0 Å². The number of carbonyl (C=O) groups excluding carboxylic acids is 1. The second-order valence-electron chi connectivity index (χ2n) is 7.07. The molecule has 2 atom stereocenters. The van der Waals surface area contributed by atoms with Crippen molar-refractivity contribution in [1.82, 2.24) is 0 Å². The molecule has 2 aromatic carbocycles. The van der Waals surface area contributed by atoms with E-state index in [4.69, 9.17) is 4.74 Å². The van der Waals surface area contributed by atoms with E-state index in [-0.39, 0.29) is 28.7 Å². The molecule has 2 heterocycles. The zero-order valence-electron chi connectivity index (χ0n) is 16.0. The second kappa shape index (κ2) is 7.72. The van der Waals surface area contributed by atoms with Crippen molar-refractivity contribution in [3.8, 4) is 5.75 Å². The summed E-state index contributed by atoms with van der Waals surface area (Å²) in [5, 5.41) is 6.80. The summed E-state index contributed by atoms with van der Waals surface area (Å²) < 4.78 is 28.6. The summed E-state index contributed by atoms with van der Waals surface area (Å²) >= 11 is 1.45. The number of sulfone groups is 1. The number of nitrogens with zero attached hydrogens (tertiary/aromatic N) is 1. The topological polar surface area (TPSA) is 96.9 Å². The highest BCUT2D eigenvalue weighted by Crippen LogP contribution is 2.35. The summed E-state index contributed by atoms with van der Waals surface area (Å²) in [6, 6.07) is 12.4. The summed E-state index contributed by atoms with van der Waals surface area (Å²) in [6.07, 6.45) is 0. The van der Waals surface area contributed by atoms with Crippen molar-refractivity contribution in [2.45, 2.75) is 18.2 Å². The van der Waals surface area contributed by atoms with Crippen molar-refractivity contribution in [3.05, 3.63) is 53.6 Å². The van der Waals surface area contributed by atoms with Crippen LogP contribution in [0.15, 0.2) is 47.5 Å². The Morgan fingerprint density at radius 3 is 2.62 bits per heavy atom. The van der Waals surface area contributed by atoms with Gasteiger partial charge >= 0.3 is 0 Å². The minimum absolute atomic E-state index is 0.0237. The van der Waals surface area contributed by atoms with Gasteiger partial charge in [0.25, 0.3) is 5.91 Å². The van der Waals surface area contributed by atoms with Gasteiger partial charge in [0.2, 0.25) is 0 Å². The quantitative estimate of drug-likeness (QED) is 0.773. The maximum atomic E-state index is 12.6. The molecule has 0 saturated carbocycles. The highest BCUT2D eigenvalue weighted by atomic mass is 32.2. The van der Waals surface area contributed by atoms with Gasteiger partial charge in [0, 0.05) is 22.2 Å². The summed E-state index contributed by atoms with van der Waals surface area (Å²) in [7, 11) is -1.39. The third kappa shape index (κ3) is 4.40. The zero-order chi connectivity index (χ0) is 20.6. The molecule has 29 heavy (non-hydrogen) atoms. The van der Waals surface area contributed by atoms with E-state index in [0.717, 1.165) is 17.0 Å². The number of fused-ring (bicyclic) bond motifs is 1. The fourth-order valence-corrected chi connectivity index (χ4v) is 6.97. The Morgan fingerprint density at radius 1 is 1.17 bits per heavy atom. The lowest BCUT2D eigenvalue weighted by molar-refractivity contribution is 0.102. The SMILES string of the molecule is COc1ccc(NC(=O)c2ccc(C)c(NC3=N[C@H]4CS(=O)(=O)C[C@@H]4S3)c2)cc1. The number of benzene rings is 2. The van der Waals surface area contributed by atoms with Crippen molar-refractivity contribution < 1.29 is 17.9 Å². The summed E-state index contributed by atoms with van der Waals surface area (Å²) in [5.41, 5.74) is 2.94. The lowest BCUT2D eigenvalue weighted by atomic mass is 10.1. The predicted octanol–water partition coefficient (Wildman–Crippen LogP) is 2.94. The number of rotatable bonds is 4. The first-order chi connectivity index (χ1) is 13.8. The maximum absolute atomic E-state index is 12.6.